The molecule has 0 aliphatic rings. The molecule has 3 aromatic carbocycles. The second-order valence-electron chi connectivity index (χ2n) is 6.24. The maximum Gasteiger partial charge on any atom is 0.341 e. The zero-order valence-electron chi connectivity index (χ0n) is 15.4. The summed E-state index contributed by atoms with van der Waals surface area (Å²) in [5.41, 5.74) is -0.441. The summed E-state index contributed by atoms with van der Waals surface area (Å²) < 4.78 is 75.1. The molecule has 9 heteroatoms. The van der Waals surface area contributed by atoms with Gasteiger partial charge in [0, 0.05) is 7.05 Å². The molecule has 0 bridgehead atoms. The zero-order chi connectivity index (χ0) is 22.0. The molecule has 3 rings (SSSR count). The summed E-state index contributed by atoms with van der Waals surface area (Å²) in [5, 5.41) is 8.66. The van der Waals surface area contributed by atoms with E-state index in [4.69, 9.17) is 9.84 Å². The second kappa shape index (κ2) is 8.40. The topological polar surface area (TPSA) is 49.8 Å². The minimum atomic E-state index is -1.36. The largest absolute Gasteiger partial charge is 0.479 e. The number of carboxylic acid groups (broad SMARTS) is 1. The predicted molar refractivity (Wildman–Crippen MR) is 99.3 cm³/mol. The lowest BCUT2D eigenvalue weighted by Gasteiger charge is -2.23. The van der Waals surface area contributed by atoms with Crippen LogP contribution < -0.4 is 9.64 Å². The highest BCUT2D eigenvalue weighted by Crippen LogP contribution is 2.37. The van der Waals surface area contributed by atoms with Crippen LogP contribution in [0.2, 0.25) is 0 Å². The van der Waals surface area contributed by atoms with Crippen LogP contribution in [-0.4, -0.2) is 24.7 Å². The van der Waals surface area contributed by atoms with Gasteiger partial charge in [-0.3, -0.25) is 0 Å². The minimum absolute atomic E-state index is 0.225. The molecule has 4 nitrogen and oxygen atoms in total. The number of ether oxygens (including phenoxy) is 1. The molecule has 156 valence electrons. The van der Waals surface area contributed by atoms with Crippen molar-refractivity contribution in [2.24, 2.45) is 0 Å². The van der Waals surface area contributed by atoms with E-state index in [1.54, 1.807) is 0 Å². The number of halogens is 5. The third-order valence-electron chi connectivity index (χ3n) is 4.28. The van der Waals surface area contributed by atoms with Gasteiger partial charge in [0.1, 0.15) is 17.3 Å². The molecule has 0 unspecified atom stereocenters. The van der Waals surface area contributed by atoms with Gasteiger partial charge in [-0.25, -0.2) is 26.7 Å². The number of rotatable bonds is 6. The molecule has 0 fully saturated rings. The normalized spacial score (nSPS) is 10.7. The molecule has 0 aromatic heterocycles. The molecule has 0 aliphatic carbocycles. The number of hydrogen-bond donors (Lipinski definition) is 1. The molecule has 0 saturated heterocycles. The number of carbonyl (C=O) groups is 1. The van der Waals surface area contributed by atoms with Gasteiger partial charge in [0.05, 0.1) is 5.69 Å². The maximum atomic E-state index is 14.8. The predicted octanol–water partition coefficient (Wildman–Crippen LogP) is 5.28. The van der Waals surface area contributed by atoms with E-state index in [0.717, 1.165) is 35.2 Å². The molecule has 0 amide bonds. The fourth-order valence-corrected chi connectivity index (χ4v) is 2.83. The summed E-state index contributed by atoms with van der Waals surface area (Å²) in [6.07, 6.45) is 0. The average molecular weight is 423 g/mol. The Morgan fingerprint density at radius 3 is 2.10 bits per heavy atom. The quantitative estimate of drug-likeness (QED) is 0.548. The fraction of sp³-hybridized carbons (Fsp3) is 0.0952. The van der Waals surface area contributed by atoms with E-state index in [9.17, 15) is 26.7 Å². The highest BCUT2D eigenvalue weighted by atomic mass is 19.2. The average Bonchev–Trinajstić information content (AvgIpc) is 2.69. The molecule has 3 aromatic rings. The zero-order valence-corrected chi connectivity index (χ0v) is 15.4. The maximum absolute atomic E-state index is 14.8. The number of carboxylic acids is 1. The highest BCUT2D eigenvalue weighted by molar-refractivity contribution is 5.73. The number of aliphatic carboxylic acids is 1. The smallest absolute Gasteiger partial charge is 0.341 e. The lowest BCUT2D eigenvalue weighted by molar-refractivity contribution is -0.139. The van der Waals surface area contributed by atoms with Gasteiger partial charge in [-0.05, 0) is 47.5 Å². The minimum Gasteiger partial charge on any atom is -0.479 e. The highest BCUT2D eigenvalue weighted by Gasteiger charge is 2.22. The van der Waals surface area contributed by atoms with Crippen molar-refractivity contribution in [3.05, 3.63) is 77.6 Å². The van der Waals surface area contributed by atoms with E-state index >= 15 is 0 Å². The van der Waals surface area contributed by atoms with Gasteiger partial charge < -0.3 is 14.7 Å². The Morgan fingerprint density at radius 1 is 0.867 bits per heavy atom. The van der Waals surface area contributed by atoms with Crippen LogP contribution in [0.3, 0.4) is 0 Å². The molecule has 1 N–H and O–H groups in total. The number of benzene rings is 3. The summed E-state index contributed by atoms with van der Waals surface area (Å²) in [7, 11) is 1.19. The Labute approximate surface area is 167 Å². The lowest BCUT2D eigenvalue weighted by atomic mass is 10.0. The van der Waals surface area contributed by atoms with Crippen LogP contribution >= 0.6 is 0 Å². The van der Waals surface area contributed by atoms with Crippen molar-refractivity contribution in [2.45, 2.75) is 0 Å². The van der Waals surface area contributed by atoms with E-state index in [1.807, 2.05) is 0 Å². The molecular formula is C21H14F5NO3. The fourth-order valence-electron chi connectivity index (χ4n) is 2.83. The Hall–Kier alpha value is -3.62. The van der Waals surface area contributed by atoms with E-state index in [-0.39, 0.29) is 16.8 Å². The molecular weight excluding hydrogens is 409 g/mol. The molecule has 30 heavy (non-hydrogen) atoms. The van der Waals surface area contributed by atoms with Crippen molar-refractivity contribution in [3.8, 4) is 16.9 Å². The van der Waals surface area contributed by atoms with Crippen molar-refractivity contribution in [1.29, 1.82) is 0 Å². The monoisotopic (exact) mass is 423 g/mol. The Bertz CT molecular complexity index is 1120. The van der Waals surface area contributed by atoms with Crippen LogP contribution in [0.5, 0.6) is 5.75 Å². The molecule has 0 atom stereocenters. The van der Waals surface area contributed by atoms with E-state index < -0.39 is 53.1 Å². The molecule has 0 aliphatic heterocycles. The summed E-state index contributed by atoms with van der Waals surface area (Å²) in [4.78, 5) is 11.5. The standard InChI is InChI=1S/C21H14F5NO3/c1-27(21-15(24)6-7-18(20(21)26)30-10-19(28)29)17-9-12(3-5-14(17)23)11-2-4-13(22)16(25)8-11/h2-9H,10H2,1H3,(H,28,29). The molecule has 0 radical (unpaired) electrons. The van der Waals surface area contributed by atoms with Crippen LogP contribution in [0.1, 0.15) is 0 Å². The van der Waals surface area contributed by atoms with Crippen molar-refractivity contribution in [2.75, 3.05) is 18.6 Å². The van der Waals surface area contributed by atoms with Crippen molar-refractivity contribution in [3.63, 3.8) is 0 Å². The summed E-state index contributed by atoms with van der Waals surface area (Å²) in [6, 6.07) is 8.39. The molecule has 0 heterocycles. The van der Waals surface area contributed by atoms with Gasteiger partial charge >= 0.3 is 5.97 Å². The van der Waals surface area contributed by atoms with Gasteiger partial charge in [0.25, 0.3) is 0 Å². The van der Waals surface area contributed by atoms with Crippen molar-refractivity contribution in [1.82, 2.24) is 0 Å². The van der Waals surface area contributed by atoms with Gasteiger partial charge in [0.15, 0.2) is 29.8 Å². The first kappa shape index (κ1) is 21.1. The van der Waals surface area contributed by atoms with Crippen LogP contribution in [0.15, 0.2) is 48.5 Å². The first-order valence-electron chi connectivity index (χ1n) is 8.50. The molecule has 0 saturated carbocycles. The second-order valence-corrected chi connectivity index (χ2v) is 6.24. The molecule has 0 spiro atoms. The first-order chi connectivity index (χ1) is 14.2. The van der Waals surface area contributed by atoms with E-state index in [2.05, 4.69) is 0 Å². The van der Waals surface area contributed by atoms with Crippen LogP contribution in [0.4, 0.5) is 33.3 Å². The Morgan fingerprint density at radius 2 is 1.47 bits per heavy atom. The van der Waals surface area contributed by atoms with Gasteiger partial charge in [-0.1, -0.05) is 12.1 Å². The lowest BCUT2D eigenvalue weighted by Crippen LogP contribution is -2.17. The van der Waals surface area contributed by atoms with E-state index in [0.29, 0.717) is 0 Å². The summed E-state index contributed by atoms with van der Waals surface area (Å²) in [5.74, 6) is -7.16. The van der Waals surface area contributed by atoms with Crippen molar-refractivity contribution >= 4 is 17.3 Å². The number of nitrogens with zero attached hydrogens (tertiary/aromatic N) is 1. The first-order valence-corrected chi connectivity index (χ1v) is 8.50. The van der Waals surface area contributed by atoms with Gasteiger partial charge in [-0.15, -0.1) is 0 Å². The van der Waals surface area contributed by atoms with Crippen LogP contribution in [0.25, 0.3) is 11.1 Å². The summed E-state index contributed by atoms with van der Waals surface area (Å²) >= 11 is 0. The third kappa shape index (κ3) is 4.19. The van der Waals surface area contributed by atoms with Gasteiger partial charge in [0.2, 0.25) is 0 Å². The van der Waals surface area contributed by atoms with E-state index in [1.165, 1.54) is 25.2 Å². The number of anilines is 2. The van der Waals surface area contributed by atoms with Crippen LogP contribution in [-0.2, 0) is 4.79 Å². The SMILES string of the molecule is CN(c1cc(-c2ccc(F)c(F)c2)ccc1F)c1c(F)ccc(OCC(=O)O)c1F. The van der Waals surface area contributed by atoms with Gasteiger partial charge in [-0.2, -0.15) is 0 Å². The Kier molecular flexibility index (Phi) is 5.91. The van der Waals surface area contributed by atoms with Crippen molar-refractivity contribution < 1.29 is 36.6 Å². The summed E-state index contributed by atoms with van der Waals surface area (Å²) in [6.45, 7) is -0.855. The van der Waals surface area contributed by atoms with Crippen LogP contribution in [0, 0.1) is 29.1 Å². The third-order valence-corrected chi connectivity index (χ3v) is 4.28. The Balaban J connectivity index is 2.04. The number of hydrogen-bond acceptors (Lipinski definition) is 3.